The Morgan fingerprint density at radius 3 is 0.912 bits per heavy atom. The highest BCUT2D eigenvalue weighted by molar-refractivity contribution is 5.71. The van der Waals surface area contributed by atoms with Crippen LogP contribution in [0.4, 0.5) is 0 Å². The van der Waals surface area contributed by atoms with Gasteiger partial charge in [0.15, 0.2) is 6.10 Å². The lowest BCUT2D eigenvalue weighted by molar-refractivity contribution is -0.148. The van der Waals surface area contributed by atoms with Crippen molar-refractivity contribution < 1.29 is 49.8 Å². The van der Waals surface area contributed by atoms with Gasteiger partial charge in [0.25, 0.3) is 0 Å². The van der Waals surface area contributed by atoms with Crippen molar-refractivity contribution in [3.8, 4) is 0 Å². The minimum absolute atomic E-state index is 0.333. The van der Waals surface area contributed by atoms with Crippen LogP contribution in [0.1, 0.15) is 117 Å². The predicted molar refractivity (Wildman–Crippen MR) is 130 cm³/mol. The van der Waals surface area contributed by atoms with E-state index in [0.717, 1.165) is 57.8 Å². The van der Waals surface area contributed by atoms with Crippen molar-refractivity contribution in [2.45, 2.75) is 123 Å². The molecule has 0 fully saturated rings. The number of aliphatic carboxylic acids is 4. The molecule has 204 valence electrons. The molecule has 0 amide bonds. The summed E-state index contributed by atoms with van der Waals surface area (Å²) >= 11 is 0. The van der Waals surface area contributed by atoms with Crippen molar-refractivity contribution in [1.82, 2.24) is 0 Å². The number of unbranched alkanes of at least 4 members (excludes halogenated alkanes) is 9. The Balaban J connectivity index is -0.000000177. The number of rotatable bonds is 17. The first-order valence-corrected chi connectivity index (χ1v) is 12.2. The normalized spacial score (nSPS) is 10.3. The Kier molecular flexibility index (Phi) is 37.9. The molecule has 0 aliphatic heterocycles. The van der Waals surface area contributed by atoms with Crippen LogP contribution in [0.5, 0.6) is 0 Å². The van der Waals surface area contributed by atoms with Gasteiger partial charge in [-0.1, -0.05) is 78.6 Å². The molecule has 0 saturated carbocycles. The average molecular weight is 497 g/mol. The summed E-state index contributed by atoms with van der Waals surface area (Å²) in [4.78, 5) is 39.4. The molecule has 10 nitrogen and oxygen atoms in total. The molecule has 34 heavy (non-hydrogen) atoms. The number of carbonyl (C=O) groups is 4. The van der Waals surface area contributed by atoms with Gasteiger partial charge in [0.1, 0.15) is 0 Å². The van der Waals surface area contributed by atoms with E-state index in [1.165, 1.54) is 19.3 Å². The van der Waals surface area contributed by atoms with Crippen LogP contribution in [0.15, 0.2) is 0 Å². The Morgan fingerprint density at radius 2 is 0.794 bits per heavy atom. The summed E-state index contributed by atoms with van der Waals surface area (Å²) in [6, 6.07) is 0. The van der Waals surface area contributed by atoms with Crippen LogP contribution in [0.25, 0.3) is 0 Å². The smallest absolute Gasteiger partial charge is 0.334 e. The van der Waals surface area contributed by atoms with Crippen LogP contribution in [-0.2, 0) is 19.2 Å². The van der Waals surface area contributed by atoms with E-state index < -0.39 is 36.6 Å². The molecule has 0 aromatic rings. The van der Waals surface area contributed by atoms with Crippen molar-refractivity contribution >= 4 is 23.9 Å². The maximum absolute atomic E-state index is 9.96. The van der Waals surface area contributed by atoms with E-state index in [9.17, 15) is 19.2 Å². The van der Waals surface area contributed by atoms with E-state index in [1.54, 1.807) is 0 Å². The zero-order valence-electron chi connectivity index (χ0n) is 21.2. The van der Waals surface area contributed by atoms with Gasteiger partial charge in [0.2, 0.25) is 0 Å². The van der Waals surface area contributed by atoms with Gasteiger partial charge < -0.3 is 30.6 Å². The van der Waals surface area contributed by atoms with Crippen LogP contribution in [0.2, 0.25) is 0 Å². The van der Waals surface area contributed by atoms with E-state index in [4.69, 9.17) is 30.6 Å². The summed E-state index contributed by atoms with van der Waals surface area (Å²) in [5.41, 5.74) is 0. The summed E-state index contributed by atoms with van der Waals surface area (Å²) in [5, 5.41) is 48.4. The van der Waals surface area contributed by atoms with Crippen molar-refractivity contribution in [1.29, 1.82) is 0 Å². The minimum atomic E-state index is -1.63. The highest BCUT2D eigenvalue weighted by Gasteiger charge is 2.09. The molecule has 1 unspecified atom stereocenters. The van der Waals surface area contributed by atoms with E-state index >= 15 is 0 Å². The third kappa shape index (κ3) is 52.0. The van der Waals surface area contributed by atoms with Gasteiger partial charge in [0, 0.05) is 19.3 Å². The highest BCUT2D eigenvalue weighted by Crippen LogP contribution is 2.02. The summed E-state index contributed by atoms with van der Waals surface area (Å²) in [5.74, 6) is -3.43. The molecular weight excluding hydrogens is 448 g/mol. The molecule has 0 saturated heterocycles. The molecule has 0 rings (SSSR count). The maximum atomic E-state index is 9.96. The highest BCUT2D eigenvalue weighted by atomic mass is 16.4. The van der Waals surface area contributed by atoms with Crippen LogP contribution < -0.4 is 0 Å². The van der Waals surface area contributed by atoms with E-state index in [-0.39, 0.29) is 0 Å². The third-order valence-corrected chi connectivity index (χ3v) is 4.19. The second-order valence-corrected chi connectivity index (χ2v) is 7.65. The van der Waals surface area contributed by atoms with Gasteiger partial charge in [-0.3, -0.25) is 14.4 Å². The third-order valence-electron chi connectivity index (χ3n) is 4.19. The number of aliphatic hydroxyl groups excluding tert-OH is 2. The minimum Gasteiger partial charge on any atom is -0.481 e. The van der Waals surface area contributed by atoms with Crippen molar-refractivity contribution in [2.24, 2.45) is 0 Å². The molecule has 0 bridgehead atoms. The van der Waals surface area contributed by atoms with Crippen LogP contribution >= 0.6 is 0 Å². The van der Waals surface area contributed by atoms with Crippen LogP contribution in [-0.4, -0.2) is 67.2 Å². The van der Waals surface area contributed by atoms with Gasteiger partial charge in [-0.05, 0) is 19.3 Å². The summed E-state index contributed by atoms with van der Waals surface area (Å²) in [6.45, 7) is 5.61. The molecule has 10 heteroatoms. The fourth-order valence-electron chi connectivity index (χ4n) is 2.19. The van der Waals surface area contributed by atoms with Gasteiger partial charge in [-0.25, -0.2) is 4.79 Å². The number of hydrogen-bond donors (Lipinski definition) is 6. The van der Waals surface area contributed by atoms with E-state index in [1.807, 2.05) is 0 Å². The first-order valence-electron chi connectivity index (χ1n) is 12.2. The molecule has 0 radical (unpaired) electrons. The maximum Gasteiger partial charge on any atom is 0.334 e. The standard InChI is InChI=1S/3C7H14O2.C3H6O4/c3*1-2-3-4-5-6-7(8)9;4-1-2(5)3(6)7/h3*2-6H2,1H3,(H,8,9);2,4-5H,1H2,(H,6,7). The lowest BCUT2D eigenvalue weighted by atomic mass is 10.2. The molecule has 0 aromatic carbocycles. The first kappa shape index (κ1) is 39.0. The second kappa shape index (κ2) is 33.0. The van der Waals surface area contributed by atoms with E-state index in [2.05, 4.69) is 20.8 Å². The summed E-state index contributed by atoms with van der Waals surface area (Å²) in [7, 11) is 0. The lowest BCUT2D eigenvalue weighted by Crippen LogP contribution is -2.22. The van der Waals surface area contributed by atoms with Gasteiger partial charge in [-0.15, -0.1) is 0 Å². The monoisotopic (exact) mass is 496 g/mol. The predicted octanol–water partition coefficient (Wildman–Crippen LogP) is 4.55. The molecule has 0 heterocycles. The van der Waals surface area contributed by atoms with Gasteiger partial charge in [-0.2, -0.15) is 0 Å². The Hall–Kier alpha value is -2.20. The first-order chi connectivity index (χ1) is 16.0. The molecule has 0 aliphatic carbocycles. The fourth-order valence-corrected chi connectivity index (χ4v) is 2.19. The Bertz CT molecular complexity index is 428. The fraction of sp³-hybridized carbons (Fsp3) is 0.833. The van der Waals surface area contributed by atoms with Crippen molar-refractivity contribution in [2.75, 3.05) is 6.61 Å². The zero-order valence-corrected chi connectivity index (χ0v) is 21.2. The lowest BCUT2D eigenvalue weighted by Gasteiger charge is -1.95. The Labute approximate surface area is 204 Å². The molecule has 0 aromatic heterocycles. The SMILES string of the molecule is CCCCCCC(=O)O.CCCCCCC(=O)O.CCCCCCC(=O)O.O=C(O)C(O)CO. The quantitative estimate of drug-likeness (QED) is 0.156. The van der Waals surface area contributed by atoms with Gasteiger partial charge >= 0.3 is 23.9 Å². The second-order valence-electron chi connectivity index (χ2n) is 7.65. The zero-order chi connectivity index (χ0) is 27.2. The molecule has 0 spiro atoms. The summed E-state index contributed by atoms with van der Waals surface area (Å²) in [6.07, 6.45) is 12.0. The molecule has 0 aliphatic rings. The number of carboxylic acids is 4. The molecule has 1 atom stereocenters. The molecular formula is C24H48O10. The largest absolute Gasteiger partial charge is 0.481 e. The van der Waals surface area contributed by atoms with E-state index in [0.29, 0.717) is 19.3 Å². The molecule has 6 N–H and O–H groups in total. The summed E-state index contributed by atoms with van der Waals surface area (Å²) < 4.78 is 0. The topological polar surface area (TPSA) is 190 Å². The van der Waals surface area contributed by atoms with Crippen LogP contribution in [0, 0.1) is 0 Å². The van der Waals surface area contributed by atoms with Crippen LogP contribution in [0.3, 0.4) is 0 Å². The number of hydrogen-bond acceptors (Lipinski definition) is 6. The van der Waals surface area contributed by atoms with Gasteiger partial charge in [0.05, 0.1) is 6.61 Å². The number of aliphatic hydroxyl groups is 2. The van der Waals surface area contributed by atoms with Crippen molar-refractivity contribution in [3.05, 3.63) is 0 Å². The Morgan fingerprint density at radius 1 is 0.529 bits per heavy atom. The van der Waals surface area contributed by atoms with Crippen molar-refractivity contribution in [3.63, 3.8) is 0 Å². The number of carboxylic acid groups (broad SMARTS) is 4. The average Bonchev–Trinajstić information content (AvgIpc) is 2.77.